The molecule has 114 valence electrons. The van der Waals surface area contributed by atoms with E-state index in [0.29, 0.717) is 11.9 Å². The number of halogens is 1. The molecular formula is C15H19BrNO3P. The highest BCUT2D eigenvalue weighted by Crippen LogP contribution is 2.54. The zero-order valence-electron chi connectivity index (χ0n) is 12.3. The second-order valence-corrected chi connectivity index (χ2v) is 8.02. The van der Waals surface area contributed by atoms with Gasteiger partial charge in [-0.2, -0.15) is 0 Å². The molecule has 6 heteroatoms. The van der Waals surface area contributed by atoms with Gasteiger partial charge in [0.1, 0.15) is 0 Å². The molecule has 0 fully saturated rings. The van der Waals surface area contributed by atoms with Crippen LogP contribution >= 0.6 is 23.3 Å². The Morgan fingerprint density at radius 2 is 2.00 bits per heavy atom. The molecule has 4 nitrogen and oxygen atoms in total. The van der Waals surface area contributed by atoms with Crippen molar-refractivity contribution in [1.29, 1.82) is 0 Å². The fraction of sp³-hybridized carbons (Fsp3) is 0.333. The van der Waals surface area contributed by atoms with Crippen LogP contribution in [0.5, 0.6) is 0 Å². The van der Waals surface area contributed by atoms with Crippen molar-refractivity contribution in [2.24, 2.45) is 0 Å². The number of allylic oxidation sites excluding steroid dienone is 3. The van der Waals surface area contributed by atoms with Crippen molar-refractivity contribution in [3.63, 3.8) is 0 Å². The summed E-state index contributed by atoms with van der Waals surface area (Å²) in [5, 5.41) is 2.32. The number of benzene rings is 1. The van der Waals surface area contributed by atoms with E-state index in [1.807, 2.05) is 56.3 Å². The van der Waals surface area contributed by atoms with Gasteiger partial charge in [0.05, 0.1) is 13.7 Å². The van der Waals surface area contributed by atoms with Crippen LogP contribution in [-0.4, -0.2) is 24.6 Å². The third-order valence-electron chi connectivity index (χ3n) is 3.22. The summed E-state index contributed by atoms with van der Waals surface area (Å²) < 4.78 is 20.2. The largest absolute Gasteiger partial charge is 0.324 e. The lowest BCUT2D eigenvalue weighted by atomic mass is 10.3. The Morgan fingerprint density at radius 1 is 1.33 bits per heavy atom. The van der Waals surface area contributed by atoms with Gasteiger partial charge in [-0.25, -0.2) is 5.06 Å². The first kappa shape index (κ1) is 16.5. The minimum atomic E-state index is -3.14. The Morgan fingerprint density at radius 3 is 2.57 bits per heavy atom. The number of nitrogens with zero attached hydrogens (tertiary/aromatic N) is 1. The molecule has 0 amide bonds. The van der Waals surface area contributed by atoms with E-state index < -0.39 is 13.2 Å². The Labute approximate surface area is 134 Å². The Bertz CT molecular complexity index is 600. The fourth-order valence-corrected chi connectivity index (χ4v) is 5.62. The van der Waals surface area contributed by atoms with Crippen LogP contribution in [0.3, 0.4) is 0 Å². The van der Waals surface area contributed by atoms with Crippen molar-refractivity contribution < 1.29 is 13.9 Å². The van der Waals surface area contributed by atoms with Gasteiger partial charge >= 0.3 is 0 Å². The minimum absolute atomic E-state index is 0.369. The Kier molecular flexibility index (Phi) is 5.44. The predicted molar refractivity (Wildman–Crippen MR) is 88.7 cm³/mol. The van der Waals surface area contributed by atoms with Crippen LogP contribution in [0.4, 0.5) is 0 Å². The van der Waals surface area contributed by atoms with Gasteiger partial charge in [0.25, 0.3) is 7.37 Å². The second kappa shape index (κ2) is 6.93. The molecule has 0 radical (unpaired) electrons. The zero-order valence-corrected chi connectivity index (χ0v) is 14.8. The SMILES string of the molecule is CCOP(=O)(c1ccccc1)C1C=C(Br)C=C(C)N1OC. The highest BCUT2D eigenvalue weighted by Gasteiger charge is 2.41. The van der Waals surface area contributed by atoms with Crippen LogP contribution in [0.2, 0.25) is 0 Å². The van der Waals surface area contributed by atoms with E-state index in [9.17, 15) is 4.57 Å². The van der Waals surface area contributed by atoms with E-state index in [-0.39, 0.29) is 0 Å². The van der Waals surface area contributed by atoms with Crippen LogP contribution < -0.4 is 5.30 Å². The van der Waals surface area contributed by atoms with Crippen molar-refractivity contribution in [3.8, 4) is 0 Å². The first-order valence-corrected chi connectivity index (χ1v) is 9.20. The maximum absolute atomic E-state index is 13.6. The molecule has 1 aliphatic rings. The van der Waals surface area contributed by atoms with Crippen molar-refractivity contribution in [1.82, 2.24) is 5.06 Å². The lowest BCUT2D eigenvalue weighted by Gasteiger charge is -2.37. The smallest absolute Gasteiger partial charge is 0.260 e. The van der Waals surface area contributed by atoms with Crippen LogP contribution in [0.15, 0.2) is 52.7 Å². The van der Waals surface area contributed by atoms with E-state index in [1.165, 1.54) is 0 Å². The lowest BCUT2D eigenvalue weighted by Crippen LogP contribution is -2.36. The summed E-state index contributed by atoms with van der Waals surface area (Å²) in [7, 11) is -1.57. The van der Waals surface area contributed by atoms with Gasteiger partial charge in [-0.3, -0.25) is 9.40 Å². The number of rotatable bonds is 5. The molecule has 0 saturated carbocycles. The standard InChI is InChI=1S/C15H19BrNO3P/c1-4-20-21(18,14-8-6-5-7-9-14)15-11-13(16)10-12(2)17(15)19-3/h5-11,15H,4H2,1-3H3. The Balaban J connectivity index is 2.52. The van der Waals surface area contributed by atoms with Crippen LogP contribution in [0.1, 0.15) is 13.8 Å². The van der Waals surface area contributed by atoms with Crippen molar-refractivity contribution >= 4 is 28.6 Å². The number of hydrogen-bond donors (Lipinski definition) is 0. The zero-order chi connectivity index (χ0) is 15.5. The van der Waals surface area contributed by atoms with E-state index in [1.54, 1.807) is 12.2 Å². The topological polar surface area (TPSA) is 38.8 Å². The molecule has 1 aromatic rings. The molecule has 2 atom stereocenters. The van der Waals surface area contributed by atoms with E-state index in [4.69, 9.17) is 9.36 Å². The van der Waals surface area contributed by atoms with E-state index in [0.717, 1.165) is 10.2 Å². The van der Waals surface area contributed by atoms with Gasteiger partial charge in [-0.1, -0.05) is 34.1 Å². The number of hydroxylamine groups is 2. The molecule has 0 N–H and O–H groups in total. The second-order valence-electron chi connectivity index (χ2n) is 4.61. The normalized spacial score (nSPS) is 21.5. The molecule has 1 heterocycles. The summed E-state index contributed by atoms with van der Waals surface area (Å²) in [4.78, 5) is 5.43. The summed E-state index contributed by atoms with van der Waals surface area (Å²) in [5.41, 5.74) is 0.868. The van der Waals surface area contributed by atoms with Gasteiger partial charge in [0.2, 0.25) is 0 Å². The third-order valence-corrected chi connectivity index (χ3v) is 6.43. The van der Waals surface area contributed by atoms with Crippen molar-refractivity contribution in [2.45, 2.75) is 19.6 Å². The quantitative estimate of drug-likeness (QED) is 0.733. The minimum Gasteiger partial charge on any atom is -0.324 e. The van der Waals surface area contributed by atoms with Crippen molar-refractivity contribution in [2.75, 3.05) is 13.7 Å². The van der Waals surface area contributed by atoms with E-state index in [2.05, 4.69) is 15.9 Å². The van der Waals surface area contributed by atoms with Crippen LogP contribution in [-0.2, 0) is 13.9 Å². The molecule has 0 spiro atoms. The average molecular weight is 372 g/mol. The number of hydrogen-bond acceptors (Lipinski definition) is 4. The van der Waals surface area contributed by atoms with Gasteiger partial charge in [0.15, 0.2) is 5.78 Å². The molecule has 0 saturated heterocycles. The molecule has 2 unspecified atom stereocenters. The predicted octanol–water partition coefficient (Wildman–Crippen LogP) is 4.01. The van der Waals surface area contributed by atoms with Crippen LogP contribution in [0.25, 0.3) is 0 Å². The van der Waals surface area contributed by atoms with Crippen molar-refractivity contribution in [3.05, 3.63) is 52.7 Å². The monoisotopic (exact) mass is 371 g/mol. The molecule has 0 aliphatic carbocycles. The van der Waals surface area contributed by atoms with Gasteiger partial charge < -0.3 is 4.52 Å². The van der Waals surface area contributed by atoms with E-state index >= 15 is 0 Å². The summed E-state index contributed by atoms with van der Waals surface area (Å²) in [6.45, 7) is 4.12. The Hall–Kier alpha value is -0.870. The van der Waals surface area contributed by atoms with Crippen LogP contribution in [0, 0.1) is 0 Å². The lowest BCUT2D eigenvalue weighted by molar-refractivity contribution is -0.105. The summed E-state index contributed by atoms with van der Waals surface area (Å²) in [6, 6.07) is 9.29. The first-order valence-electron chi connectivity index (χ1n) is 6.71. The molecular weight excluding hydrogens is 353 g/mol. The van der Waals surface area contributed by atoms with Gasteiger partial charge in [-0.15, -0.1) is 0 Å². The summed E-state index contributed by atoms with van der Waals surface area (Å²) in [6.07, 6.45) is 3.78. The highest BCUT2D eigenvalue weighted by atomic mass is 79.9. The maximum Gasteiger partial charge on any atom is 0.260 e. The molecule has 21 heavy (non-hydrogen) atoms. The molecule has 0 aromatic heterocycles. The van der Waals surface area contributed by atoms with Gasteiger partial charge in [-0.05, 0) is 38.1 Å². The third kappa shape index (κ3) is 3.32. The average Bonchev–Trinajstić information content (AvgIpc) is 2.47. The molecule has 1 aliphatic heterocycles. The molecule has 1 aromatic carbocycles. The summed E-state index contributed by atoms with van der Waals surface area (Å²) >= 11 is 3.47. The van der Waals surface area contributed by atoms with Gasteiger partial charge in [0, 0.05) is 15.5 Å². The molecule has 2 rings (SSSR count). The highest BCUT2D eigenvalue weighted by molar-refractivity contribution is 9.11. The maximum atomic E-state index is 13.6. The first-order chi connectivity index (χ1) is 10.0. The summed E-state index contributed by atoms with van der Waals surface area (Å²) in [5.74, 6) is -0.496. The fourth-order valence-electron chi connectivity index (χ4n) is 2.35. The molecule has 0 bridgehead atoms.